The van der Waals surface area contributed by atoms with Crippen LogP contribution < -0.4 is 5.32 Å². The van der Waals surface area contributed by atoms with Crippen LogP contribution >= 0.6 is 0 Å². The highest BCUT2D eigenvalue weighted by atomic mass is 16.5. The molecule has 0 bridgehead atoms. The Kier molecular flexibility index (Phi) is 2.73. The fraction of sp³-hybridized carbons (Fsp3) is 0.300. The van der Waals surface area contributed by atoms with Gasteiger partial charge in [-0.15, -0.1) is 0 Å². The molecule has 0 saturated carbocycles. The predicted molar refractivity (Wildman–Crippen MR) is 54.2 cm³/mol. The number of nitrogens with zero attached hydrogens (tertiary/aromatic N) is 3. The molecule has 0 saturated heterocycles. The van der Waals surface area contributed by atoms with Gasteiger partial charge in [-0.1, -0.05) is 11.2 Å². The Morgan fingerprint density at radius 3 is 2.87 bits per heavy atom. The summed E-state index contributed by atoms with van der Waals surface area (Å²) in [5.74, 6) is 1.19. The molecule has 2 aromatic heterocycles. The zero-order chi connectivity index (χ0) is 10.7. The number of pyridine rings is 1. The molecule has 0 amide bonds. The highest BCUT2D eigenvalue weighted by Gasteiger charge is 2.17. The molecule has 0 unspecified atom stereocenters. The third-order valence-electron chi connectivity index (χ3n) is 2.11. The molecule has 0 aliphatic rings. The van der Waals surface area contributed by atoms with Crippen LogP contribution in [0.2, 0.25) is 0 Å². The standard InChI is InChI=1S/C10H12N4O/c1-7-13-10(14-15-7)9(11-2)8-4-3-5-12-6-8/h3-6,9,11H,1-2H3/t9-/m0/s1. The molecule has 0 radical (unpaired) electrons. The lowest BCUT2D eigenvalue weighted by Crippen LogP contribution is -2.19. The van der Waals surface area contributed by atoms with E-state index in [2.05, 4.69) is 20.4 Å². The first-order valence-electron chi connectivity index (χ1n) is 4.68. The van der Waals surface area contributed by atoms with Crippen LogP contribution in [-0.2, 0) is 0 Å². The molecule has 1 N–H and O–H groups in total. The Hall–Kier alpha value is -1.75. The molecule has 0 aromatic carbocycles. The van der Waals surface area contributed by atoms with Crippen LogP contribution in [0.15, 0.2) is 29.0 Å². The van der Waals surface area contributed by atoms with Crippen LogP contribution in [0.4, 0.5) is 0 Å². The summed E-state index contributed by atoms with van der Waals surface area (Å²) in [5.41, 5.74) is 1.01. The quantitative estimate of drug-likeness (QED) is 0.810. The molecule has 1 atom stereocenters. The topological polar surface area (TPSA) is 63.8 Å². The Morgan fingerprint density at radius 2 is 2.33 bits per heavy atom. The molecule has 78 valence electrons. The zero-order valence-electron chi connectivity index (χ0n) is 8.64. The number of aromatic nitrogens is 3. The molecule has 0 aliphatic heterocycles. The normalized spacial score (nSPS) is 12.7. The maximum Gasteiger partial charge on any atom is 0.223 e. The van der Waals surface area contributed by atoms with E-state index in [0.29, 0.717) is 11.7 Å². The fourth-order valence-corrected chi connectivity index (χ4v) is 1.42. The highest BCUT2D eigenvalue weighted by molar-refractivity contribution is 5.20. The molecule has 2 aromatic rings. The van der Waals surface area contributed by atoms with Crippen molar-refractivity contribution in [2.75, 3.05) is 7.05 Å². The Morgan fingerprint density at radius 1 is 1.47 bits per heavy atom. The number of hydrogen-bond acceptors (Lipinski definition) is 5. The highest BCUT2D eigenvalue weighted by Crippen LogP contribution is 2.17. The van der Waals surface area contributed by atoms with E-state index in [4.69, 9.17) is 4.52 Å². The zero-order valence-corrected chi connectivity index (χ0v) is 8.64. The van der Waals surface area contributed by atoms with Crippen molar-refractivity contribution >= 4 is 0 Å². The maximum atomic E-state index is 4.95. The first kappa shape index (κ1) is 9.79. The summed E-state index contributed by atoms with van der Waals surface area (Å²) in [6, 6.07) is 3.78. The summed E-state index contributed by atoms with van der Waals surface area (Å²) in [6.07, 6.45) is 3.52. The van der Waals surface area contributed by atoms with Gasteiger partial charge in [-0.05, 0) is 18.7 Å². The van der Waals surface area contributed by atoms with E-state index in [0.717, 1.165) is 5.56 Å². The van der Waals surface area contributed by atoms with Gasteiger partial charge in [0, 0.05) is 19.3 Å². The molecular weight excluding hydrogens is 192 g/mol. The van der Waals surface area contributed by atoms with Gasteiger partial charge < -0.3 is 9.84 Å². The second-order valence-corrected chi connectivity index (χ2v) is 3.18. The van der Waals surface area contributed by atoms with Crippen molar-refractivity contribution in [3.05, 3.63) is 41.8 Å². The summed E-state index contributed by atoms with van der Waals surface area (Å²) in [7, 11) is 1.85. The molecule has 2 rings (SSSR count). The van der Waals surface area contributed by atoms with Crippen molar-refractivity contribution in [3.8, 4) is 0 Å². The van der Waals surface area contributed by atoms with Crippen molar-refractivity contribution in [2.24, 2.45) is 0 Å². The predicted octanol–water partition coefficient (Wildman–Crippen LogP) is 1.08. The minimum atomic E-state index is -0.0730. The first-order valence-corrected chi connectivity index (χ1v) is 4.68. The van der Waals surface area contributed by atoms with Crippen LogP contribution in [-0.4, -0.2) is 22.2 Å². The van der Waals surface area contributed by atoms with Gasteiger partial charge in [-0.2, -0.15) is 4.98 Å². The molecule has 2 heterocycles. The minimum Gasteiger partial charge on any atom is -0.340 e. The van der Waals surface area contributed by atoms with Gasteiger partial charge in [0.1, 0.15) is 0 Å². The summed E-state index contributed by atoms with van der Waals surface area (Å²) < 4.78 is 4.95. The van der Waals surface area contributed by atoms with E-state index in [9.17, 15) is 0 Å². The molecule has 5 heteroatoms. The summed E-state index contributed by atoms with van der Waals surface area (Å²) in [4.78, 5) is 8.25. The molecule has 0 fully saturated rings. The molecule has 5 nitrogen and oxygen atoms in total. The monoisotopic (exact) mass is 204 g/mol. The lowest BCUT2D eigenvalue weighted by Gasteiger charge is -2.10. The molecule has 15 heavy (non-hydrogen) atoms. The van der Waals surface area contributed by atoms with E-state index >= 15 is 0 Å². The minimum absolute atomic E-state index is 0.0730. The van der Waals surface area contributed by atoms with Crippen LogP contribution in [0.3, 0.4) is 0 Å². The van der Waals surface area contributed by atoms with Gasteiger partial charge in [0.25, 0.3) is 0 Å². The van der Waals surface area contributed by atoms with Crippen molar-refractivity contribution in [1.82, 2.24) is 20.4 Å². The van der Waals surface area contributed by atoms with Gasteiger partial charge in [-0.3, -0.25) is 4.98 Å². The van der Waals surface area contributed by atoms with Gasteiger partial charge in [0.2, 0.25) is 5.89 Å². The van der Waals surface area contributed by atoms with Gasteiger partial charge >= 0.3 is 0 Å². The van der Waals surface area contributed by atoms with Crippen LogP contribution in [0.25, 0.3) is 0 Å². The number of aryl methyl sites for hydroxylation is 1. The average Bonchev–Trinajstić information content (AvgIpc) is 2.68. The third kappa shape index (κ3) is 2.02. The number of hydrogen-bond donors (Lipinski definition) is 1. The molecule has 0 spiro atoms. The van der Waals surface area contributed by atoms with Crippen molar-refractivity contribution < 1.29 is 4.52 Å². The van der Waals surface area contributed by atoms with Gasteiger partial charge in [-0.25, -0.2) is 0 Å². The van der Waals surface area contributed by atoms with Gasteiger partial charge in [0.05, 0.1) is 6.04 Å². The van der Waals surface area contributed by atoms with Gasteiger partial charge in [0.15, 0.2) is 5.82 Å². The smallest absolute Gasteiger partial charge is 0.223 e. The molecular formula is C10H12N4O. The Balaban J connectivity index is 2.33. The molecule has 0 aliphatic carbocycles. The largest absolute Gasteiger partial charge is 0.340 e. The average molecular weight is 204 g/mol. The summed E-state index contributed by atoms with van der Waals surface area (Å²) in [5, 5.41) is 7.01. The van der Waals surface area contributed by atoms with Crippen LogP contribution in [0.5, 0.6) is 0 Å². The van der Waals surface area contributed by atoms with Crippen molar-refractivity contribution in [1.29, 1.82) is 0 Å². The maximum absolute atomic E-state index is 4.95. The van der Waals surface area contributed by atoms with E-state index in [1.807, 2.05) is 19.2 Å². The Bertz CT molecular complexity index is 426. The van der Waals surface area contributed by atoms with Crippen LogP contribution in [0, 0.1) is 6.92 Å². The fourth-order valence-electron chi connectivity index (χ4n) is 1.42. The number of nitrogens with one attached hydrogen (secondary N) is 1. The SMILES string of the molecule is CN[C@@H](c1cccnc1)c1noc(C)n1. The van der Waals surface area contributed by atoms with E-state index in [1.165, 1.54) is 0 Å². The second kappa shape index (κ2) is 4.18. The second-order valence-electron chi connectivity index (χ2n) is 3.18. The van der Waals surface area contributed by atoms with E-state index < -0.39 is 0 Å². The number of rotatable bonds is 3. The van der Waals surface area contributed by atoms with E-state index in [1.54, 1.807) is 19.3 Å². The lowest BCUT2D eigenvalue weighted by molar-refractivity contribution is 0.383. The van der Waals surface area contributed by atoms with E-state index in [-0.39, 0.29) is 6.04 Å². The Labute approximate surface area is 87.5 Å². The van der Waals surface area contributed by atoms with Crippen LogP contribution in [0.1, 0.15) is 23.3 Å². The van der Waals surface area contributed by atoms with Crippen molar-refractivity contribution in [3.63, 3.8) is 0 Å². The summed E-state index contributed by atoms with van der Waals surface area (Å²) >= 11 is 0. The third-order valence-corrected chi connectivity index (χ3v) is 2.11. The van der Waals surface area contributed by atoms with Crippen molar-refractivity contribution in [2.45, 2.75) is 13.0 Å². The summed E-state index contributed by atoms with van der Waals surface area (Å²) in [6.45, 7) is 1.77. The first-order chi connectivity index (χ1) is 7.31. The lowest BCUT2D eigenvalue weighted by atomic mass is 10.1.